The summed E-state index contributed by atoms with van der Waals surface area (Å²) in [5.41, 5.74) is 6.07. The van der Waals surface area contributed by atoms with Gasteiger partial charge in [0.15, 0.2) is 0 Å². The summed E-state index contributed by atoms with van der Waals surface area (Å²) in [5.74, 6) is 0. The summed E-state index contributed by atoms with van der Waals surface area (Å²) in [7, 11) is 0. The first-order chi connectivity index (χ1) is 7.25. The van der Waals surface area contributed by atoms with Gasteiger partial charge in [-0.15, -0.1) is 0 Å². The van der Waals surface area contributed by atoms with Gasteiger partial charge in [-0.25, -0.2) is 0 Å². The minimum absolute atomic E-state index is 0.950. The van der Waals surface area contributed by atoms with Gasteiger partial charge in [-0.05, 0) is 24.6 Å². The molecule has 0 unspecified atom stereocenters. The van der Waals surface area contributed by atoms with Gasteiger partial charge in [0, 0.05) is 22.0 Å². The molecule has 0 spiro atoms. The first-order valence-electron chi connectivity index (χ1n) is 5.01. The number of aryl methyl sites for hydroxylation is 1. The number of fused-ring (bicyclic) bond motifs is 3. The smallest absolute Gasteiger partial charge is 0.0726 e. The van der Waals surface area contributed by atoms with Crippen molar-refractivity contribution < 1.29 is 0 Å². The van der Waals surface area contributed by atoms with Gasteiger partial charge in [-0.1, -0.05) is 34.2 Å². The Hall–Kier alpha value is -1.15. The molecule has 0 fully saturated rings. The van der Waals surface area contributed by atoms with E-state index in [4.69, 9.17) is 0 Å². The summed E-state index contributed by atoms with van der Waals surface area (Å²) < 4.78 is 1.15. The third-order valence-corrected chi connectivity index (χ3v) is 3.38. The van der Waals surface area contributed by atoms with Crippen LogP contribution < -0.4 is 0 Å². The number of hydrogen-bond donors (Lipinski definition) is 0. The van der Waals surface area contributed by atoms with Crippen LogP contribution in [0.15, 0.2) is 39.8 Å². The molecule has 3 rings (SSSR count). The van der Waals surface area contributed by atoms with Gasteiger partial charge in [0.2, 0.25) is 0 Å². The fourth-order valence-corrected chi connectivity index (χ4v) is 2.89. The fraction of sp³-hybridized carbons (Fsp3) is 0.154. The Labute approximate surface area is 97.4 Å². The molecule has 0 atom stereocenters. The van der Waals surface area contributed by atoms with E-state index >= 15 is 0 Å². The first-order valence-corrected chi connectivity index (χ1v) is 5.80. The third-order valence-electron chi connectivity index (χ3n) is 2.76. The highest BCUT2D eigenvalue weighted by atomic mass is 79.9. The molecule has 1 aromatic rings. The lowest BCUT2D eigenvalue weighted by molar-refractivity contribution is 1.40. The second-order valence-corrected chi connectivity index (χ2v) is 4.77. The summed E-state index contributed by atoms with van der Waals surface area (Å²) in [6.45, 7) is 2.10. The lowest BCUT2D eigenvalue weighted by Gasteiger charge is -2.08. The maximum absolute atomic E-state index is 4.66. The summed E-state index contributed by atoms with van der Waals surface area (Å²) in [4.78, 5) is 4.66. The molecule has 0 saturated carbocycles. The van der Waals surface area contributed by atoms with E-state index in [1.165, 1.54) is 22.4 Å². The Kier molecular flexibility index (Phi) is 1.93. The van der Waals surface area contributed by atoms with Crippen molar-refractivity contribution in [1.82, 2.24) is 0 Å². The molecule has 0 aromatic heterocycles. The Balaban J connectivity index is 2.29. The van der Waals surface area contributed by atoms with Crippen LogP contribution in [0.5, 0.6) is 0 Å². The van der Waals surface area contributed by atoms with E-state index in [0.29, 0.717) is 0 Å². The minimum atomic E-state index is 0.950. The Morgan fingerprint density at radius 1 is 1.33 bits per heavy atom. The molecule has 0 saturated heterocycles. The van der Waals surface area contributed by atoms with E-state index in [2.05, 4.69) is 58.2 Å². The maximum Gasteiger partial charge on any atom is 0.0726 e. The van der Waals surface area contributed by atoms with Crippen LogP contribution in [0.3, 0.4) is 0 Å². The molecule has 74 valence electrons. The van der Waals surface area contributed by atoms with Gasteiger partial charge in [0.05, 0.1) is 11.4 Å². The molecule has 1 aliphatic carbocycles. The van der Waals surface area contributed by atoms with Crippen LogP contribution in [-0.4, -0.2) is 5.71 Å². The van der Waals surface area contributed by atoms with Crippen LogP contribution in [0.1, 0.15) is 17.5 Å². The molecule has 1 aromatic carbocycles. The molecule has 15 heavy (non-hydrogen) atoms. The van der Waals surface area contributed by atoms with Crippen molar-refractivity contribution in [2.45, 2.75) is 13.3 Å². The van der Waals surface area contributed by atoms with Crippen molar-refractivity contribution in [2.75, 3.05) is 0 Å². The molecule has 0 amide bonds. The zero-order valence-corrected chi connectivity index (χ0v) is 10.0. The zero-order valence-electron chi connectivity index (χ0n) is 8.42. The second kappa shape index (κ2) is 3.17. The average molecular weight is 260 g/mol. The van der Waals surface area contributed by atoms with E-state index < -0.39 is 0 Å². The quantitative estimate of drug-likeness (QED) is 0.663. The largest absolute Gasteiger partial charge is 0.252 e. The fourth-order valence-electron chi connectivity index (χ4n) is 2.11. The molecule has 0 radical (unpaired) electrons. The normalized spacial score (nSPS) is 16.9. The summed E-state index contributed by atoms with van der Waals surface area (Å²) in [6.07, 6.45) is 7.35. The molecule has 2 aliphatic rings. The van der Waals surface area contributed by atoms with Crippen LogP contribution in [-0.2, 0) is 0 Å². The maximum atomic E-state index is 4.66. The monoisotopic (exact) mass is 259 g/mol. The average Bonchev–Trinajstić information content (AvgIpc) is 2.54. The highest BCUT2D eigenvalue weighted by molar-refractivity contribution is 9.10. The van der Waals surface area contributed by atoms with Crippen LogP contribution in [0.25, 0.3) is 5.57 Å². The molecular weight excluding hydrogens is 250 g/mol. The van der Waals surface area contributed by atoms with E-state index in [1.54, 1.807) is 0 Å². The van der Waals surface area contributed by atoms with Crippen molar-refractivity contribution in [3.8, 4) is 0 Å². The second-order valence-electron chi connectivity index (χ2n) is 3.91. The van der Waals surface area contributed by atoms with E-state index in [9.17, 15) is 0 Å². The standard InChI is InChI=1S/C13H10BrN/c1-8-6-10(14)13-9-4-2-3-5-11(9)15-12(13)7-8/h2-4,6-7H,5H2,1H3. The van der Waals surface area contributed by atoms with Gasteiger partial charge in [0.25, 0.3) is 0 Å². The predicted molar refractivity (Wildman–Crippen MR) is 67.7 cm³/mol. The van der Waals surface area contributed by atoms with Gasteiger partial charge < -0.3 is 0 Å². The highest BCUT2D eigenvalue weighted by Crippen LogP contribution is 2.42. The number of aliphatic imine (C=N–C) groups is 1. The highest BCUT2D eigenvalue weighted by Gasteiger charge is 2.23. The summed E-state index contributed by atoms with van der Waals surface area (Å²) >= 11 is 3.62. The zero-order chi connectivity index (χ0) is 10.4. The van der Waals surface area contributed by atoms with E-state index in [-0.39, 0.29) is 0 Å². The topological polar surface area (TPSA) is 12.4 Å². The molecule has 2 heteroatoms. The predicted octanol–water partition coefficient (Wildman–Crippen LogP) is 4.19. The van der Waals surface area contributed by atoms with Crippen LogP contribution in [0, 0.1) is 6.92 Å². The lowest BCUT2D eigenvalue weighted by Crippen LogP contribution is -1.98. The van der Waals surface area contributed by atoms with Crippen LogP contribution in [0.2, 0.25) is 0 Å². The van der Waals surface area contributed by atoms with Gasteiger partial charge in [-0.2, -0.15) is 0 Å². The molecule has 1 nitrogen and oxygen atoms in total. The minimum Gasteiger partial charge on any atom is -0.252 e. The van der Waals surface area contributed by atoms with Crippen LogP contribution >= 0.6 is 15.9 Å². The van der Waals surface area contributed by atoms with Gasteiger partial charge in [-0.3, -0.25) is 4.99 Å². The first kappa shape index (κ1) is 9.10. The number of allylic oxidation sites excluding steroid dienone is 4. The van der Waals surface area contributed by atoms with Gasteiger partial charge >= 0.3 is 0 Å². The van der Waals surface area contributed by atoms with Crippen LogP contribution in [0.4, 0.5) is 5.69 Å². The number of benzene rings is 1. The van der Waals surface area contributed by atoms with E-state index in [0.717, 1.165) is 16.6 Å². The van der Waals surface area contributed by atoms with Crippen molar-refractivity contribution in [1.29, 1.82) is 0 Å². The molecule has 1 heterocycles. The number of nitrogens with zero attached hydrogens (tertiary/aromatic N) is 1. The van der Waals surface area contributed by atoms with E-state index in [1.807, 2.05) is 0 Å². The van der Waals surface area contributed by atoms with Crippen molar-refractivity contribution in [3.05, 3.63) is 46.0 Å². The third kappa shape index (κ3) is 1.32. The lowest BCUT2D eigenvalue weighted by atomic mass is 9.97. The number of rotatable bonds is 0. The number of halogens is 1. The van der Waals surface area contributed by atoms with Crippen molar-refractivity contribution in [2.24, 2.45) is 4.99 Å². The Morgan fingerprint density at radius 2 is 2.20 bits per heavy atom. The summed E-state index contributed by atoms with van der Waals surface area (Å²) in [5, 5.41) is 0. The molecule has 1 aliphatic heterocycles. The Morgan fingerprint density at radius 3 is 3.07 bits per heavy atom. The van der Waals surface area contributed by atoms with Crippen molar-refractivity contribution >= 4 is 32.9 Å². The molecular formula is C13H10BrN. The Bertz CT molecular complexity index is 536. The number of hydrogen-bond acceptors (Lipinski definition) is 1. The molecule has 0 bridgehead atoms. The summed E-state index contributed by atoms with van der Waals surface area (Å²) in [6, 6.07) is 4.29. The molecule has 0 N–H and O–H groups in total. The van der Waals surface area contributed by atoms with Crippen molar-refractivity contribution in [3.63, 3.8) is 0 Å². The SMILES string of the molecule is Cc1cc(Br)c2c(c1)N=C1CC=CC=C12. The van der Waals surface area contributed by atoms with Gasteiger partial charge in [0.1, 0.15) is 0 Å².